The van der Waals surface area contributed by atoms with Crippen LogP contribution in [0.2, 0.25) is 5.02 Å². The van der Waals surface area contributed by atoms with Crippen LogP contribution in [-0.2, 0) is 4.74 Å². The van der Waals surface area contributed by atoms with E-state index in [2.05, 4.69) is 15.5 Å². The second-order valence-corrected chi connectivity index (χ2v) is 5.81. The maximum atomic E-state index is 12.3. The van der Waals surface area contributed by atoms with Gasteiger partial charge in [0.05, 0.1) is 5.02 Å². The molecule has 1 atom stereocenters. The van der Waals surface area contributed by atoms with Crippen molar-refractivity contribution in [2.45, 2.75) is 20.0 Å². The molecule has 0 fully saturated rings. The van der Waals surface area contributed by atoms with Gasteiger partial charge in [0, 0.05) is 23.5 Å². The summed E-state index contributed by atoms with van der Waals surface area (Å²) < 4.78 is 10.6. The highest BCUT2D eigenvalue weighted by molar-refractivity contribution is 6.33. The quantitative estimate of drug-likeness (QED) is 0.710. The monoisotopic (exact) mass is 357 g/mol. The molecule has 0 aliphatic heterocycles. The van der Waals surface area contributed by atoms with Crippen molar-refractivity contribution < 1.29 is 14.1 Å². The summed E-state index contributed by atoms with van der Waals surface area (Å²) in [5.41, 5.74) is 2.34. The Labute approximate surface area is 149 Å². The van der Waals surface area contributed by atoms with Crippen LogP contribution in [0.3, 0.4) is 0 Å². The third-order valence-electron chi connectivity index (χ3n) is 3.66. The molecule has 25 heavy (non-hydrogen) atoms. The summed E-state index contributed by atoms with van der Waals surface area (Å²) in [6.07, 6.45) is 2.25. The van der Waals surface area contributed by atoms with Crippen molar-refractivity contribution in [1.29, 1.82) is 0 Å². The van der Waals surface area contributed by atoms with Gasteiger partial charge >= 0.3 is 6.09 Å². The fourth-order valence-corrected chi connectivity index (χ4v) is 2.56. The smallest absolute Gasteiger partial charge is 0.412 e. The molecule has 6 nitrogen and oxygen atoms in total. The van der Waals surface area contributed by atoms with Gasteiger partial charge in [0.2, 0.25) is 0 Å². The van der Waals surface area contributed by atoms with E-state index in [9.17, 15) is 4.79 Å². The number of hydrogen-bond acceptors (Lipinski definition) is 5. The van der Waals surface area contributed by atoms with E-state index < -0.39 is 12.2 Å². The Kier molecular flexibility index (Phi) is 5.00. The van der Waals surface area contributed by atoms with E-state index in [1.807, 2.05) is 18.2 Å². The molecule has 2 aromatic heterocycles. The zero-order valence-electron chi connectivity index (χ0n) is 13.7. The minimum absolute atomic E-state index is 0.427. The zero-order valence-corrected chi connectivity index (χ0v) is 14.4. The van der Waals surface area contributed by atoms with Crippen LogP contribution in [0.4, 0.5) is 10.5 Å². The topological polar surface area (TPSA) is 77.2 Å². The van der Waals surface area contributed by atoms with E-state index >= 15 is 0 Å². The van der Waals surface area contributed by atoms with Gasteiger partial charge in [0.25, 0.3) is 0 Å². The maximum absolute atomic E-state index is 12.3. The largest absolute Gasteiger partial charge is 0.441 e. The van der Waals surface area contributed by atoms with E-state index in [0.717, 1.165) is 5.56 Å². The molecular formula is C18H16ClN3O3. The standard InChI is InChI=1S/C18H16ClN3O3/c1-11(13-6-5-9-20-10-13)24-18(23)21-16-12(2)25-22-17(16)14-7-3-4-8-15(14)19/h3-11H,1-2H3,(H,21,23)/t11-/m1/s1. The number of halogens is 1. The summed E-state index contributed by atoms with van der Waals surface area (Å²) in [5, 5.41) is 7.20. The Balaban J connectivity index is 1.78. The molecule has 7 heteroatoms. The minimum atomic E-state index is -0.615. The summed E-state index contributed by atoms with van der Waals surface area (Å²) >= 11 is 6.21. The van der Waals surface area contributed by atoms with Crippen molar-refractivity contribution >= 4 is 23.4 Å². The maximum Gasteiger partial charge on any atom is 0.412 e. The van der Waals surface area contributed by atoms with Gasteiger partial charge < -0.3 is 9.26 Å². The predicted molar refractivity (Wildman–Crippen MR) is 94.4 cm³/mol. The van der Waals surface area contributed by atoms with Crippen LogP contribution in [0.1, 0.15) is 24.4 Å². The first-order chi connectivity index (χ1) is 12.1. The SMILES string of the molecule is Cc1onc(-c2ccccc2Cl)c1NC(=O)O[C@H](C)c1cccnc1. The summed E-state index contributed by atoms with van der Waals surface area (Å²) in [6, 6.07) is 10.8. The number of pyridine rings is 1. The molecule has 1 amide bonds. The molecule has 0 bridgehead atoms. The Morgan fingerprint density at radius 2 is 2.08 bits per heavy atom. The summed E-state index contributed by atoms with van der Waals surface area (Å²) in [6.45, 7) is 3.47. The van der Waals surface area contributed by atoms with Crippen molar-refractivity contribution in [3.05, 3.63) is 65.1 Å². The Morgan fingerprint density at radius 3 is 2.80 bits per heavy atom. The number of nitrogens with zero attached hydrogens (tertiary/aromatic N) is 2. The van der Waals surface area contributed by atoms with Crippen molar-refractivity contribution in [3.63, 3.8) is 0 Å². The number of ether oxygens (including phenoxy) is 1. The highest BCUT2D eigenvalue weighted by Gasteiger charge is 2.20. The molecule has 0 saturated heterocycles. The Morgan fingerprint density at radius 1 is 1.28 bits per heavy atom. The van der Waals surface area contributed by atoms with Gasteiger partial charge in [-0.2, -0.15) is 0 Å². The number of hydrogen-bond donors (Lipinski definition) is 1. The average Bonchev–Trinajstić information content (AvgIpc) is 2.96. The first-order valence-corrected chi connectivity index (χ1v) is 8.02. The summed E-state index contributed by atoms with van der Waals surface area (Å²) in [7, 11) is 0. The second-order valence-electron chi connectivity index (χ2n) is 5.40. The lowest BCUT2D eigenvalue weighted by Gasteiger charge is -2.14. The second kappa shape index (κ2) is 7.36. The number of nitrogens with one attached hydrogen (secondary N) is 1. The van der Waals surface area contributed by atoms with Crippen molar-refractivity contribution in [1.82, 2.24) is 10.1 Å². The summed E-state index contributed by atoms with van der Waals surface area (Å²) in [5.74, 6) is 0.459. The molecule has 0 aliphatic rings. The number of carbonyl (C=O) groups excluding carboxylic acids is 1. The molecule has 128 valence electrons. The van der Waals surface area contributed by atoms with Crippen LogP contribution >= 0.6 is 11.6 Å². The van der Waals surface area contributed by atoms with Crippen LogP contribution in [0.5, 0.6) is 0 Å². The molecule has 2 heterocycles. The molecule has 1 aromatic carbocycles. The molecule has 3 aromatic rings. The number of aryl methyl sites for hydroxylation is 1. The van der Waals surface area contributed by atoms with E-state index in [4.69, 9.17) is 20.9 Å². The van der Waals surface area contributed by atoms with Gasteiger partial charge in [-0.15, -0.1) is 0 Å². The lowest BCUT2D eigenvalue weighted by Crippen LogP contribution is -2.16. The molecule has 3 rings (SSSR count). The van der Waals surface area contributed by atoms with Crippen LogP contribution in [-0.4, -0.2) is 16.2 Å². The van der Waals surface area contributed by atoms with Gasteiger partial charge in [-0.3, -0.25) is 10.3 Å². The highest BCUT2D eigenvalue weighted by Crippen LogP contribution is 2.34. The van der Waals surface area contributed by atoms with Crippen molar-refractivity contribution in [2.75, 3.05) is 5.32 Å². The predicted octanol–water partition coefficient (Wildman–Crippen LogP) is 5.01. The third-order valence-corrected chi connectivity index (χ3v) is 3.99. The number of benzene rings is 1. The number of rotatable bonds is 4. The molecule has 1 N–H and O–H groups in total. The average molecular weight is 358 g/mol. The van der Waals surface area contributed by atoms with Crippen molar-refractivity contribution in [3.8, 4) is 11.3 Å². The normalized spacial score (nSPS) is 11.8. The lowest BCUT2D eigenvalue weighted by atomic mass is 10.1. The van der Waals surface area contributed by atoms with Gasteiger partial charge in [-0.05, 0) is 26.0 Å². The third kappa shape index (κ3) is 3.80. The Bertz CT molecular complexity index is 880. The number of amides is 1. The van der Waals surface area contributed by atoms with E-state index in [0.29, 0.717) is 27.7 Å². The van der Waals surface area contributed by atoms with Crippen LogP contribution in [0, 0.1) is 6.92 Å². The van der Waals surface area contributed by atoms with E-state index in [-0.39, 0.29) is 0 Å². The minimum Gasteiger partial charge on any atom is -0.441 e. The zero-order chi connectivity index (χ0) is 17.8. The first kappa shape index (κ1) is 17.0. The molecule has 0 saturated carbocycles. The molecule has 0 aliphatic carbocycles. The molecule has 0 unspecified atom stereocenters. The highest BCUT2D eigenvalue weighted by atomic mass is 35.5. The van der Waals surface area contributed by atoms with E-state index in [1.165, 1.54) is 0 Å². The fraction of sp³-hybridized carbons (Fsp3) is 0.167. The van der Waals surface area contributed by atoms with Crippen molar-refractivity contribution in [2.24, 2.45) is 0 Å². The van der Waals surface area contributed by atoms with Gasteiger partial charge in [0.1, 0.15) is 17.5 Å². The summed E-state index contributed by atoms with van der Waals surface area (Å²) in [4.78, 5) is 16.3. The van der Waals surface area contributed by atoms with Gasteiger partial charge in [0.15, 0.2) is 5.76 Å². The van der Waals surface area contributed by atoms with Crippen LogP contribution < -0.4 is 5.32 Å². The fourth-order valence-electron chi connectivity index (χ4n) is 2.33. The first-order valence-electron chi connectivity index (χ1n) is 7.65. The molecule has 0 spiro atoms. The van der Waals surface area contributed by atoms with Crippen LogP contribution in [0.15, 0.2) is 53.3 Å². The van der Waals surface area contributed by atoms with Gasteiger partial charge in [-0.1, -0.05) is 41.0 Å². The van der Waals surface area contributed by atoms with Crippen LogP contribution in [0.25, 0.3) is 11.3 Å². The number of carbonyl (C=O) groups is 1. The molecular weight excluding hydrogens is 342 g/mol. The Hall–Kier alpha value is -2.86. The van der Waals surface area contributed by atoms with E-state index in [1.54, 1.807) is 44.4 Å². The molecule has 0 radical (unpaired) electrons. The lowest BCUT2D eigenvalue weighted by molar-refractivity contribution is 0.121. The van der Waals surface area contributed by atoms with Gasteiger partial charge in [-0.25, -0.2) is 4.79 Å². The number of anilines is 1. The number of aromatic nitrogens is 2.